The van der Waals surface area contributed by atoms with Gasteiger partial charge in [-0.1, -0.05) is 59.6 Å². The number of alkyl halides is 3. The van der Waals surface area contributed by atoms with Crippen molar-refractivity contribution in [2.45, 2.75) is 25.1 Å². The van der Waals surface area contributed by atoms with Gasteiger partial charge in [-0.2, -0.15) is 13.2 Å². The monoisotopic (exact) mass is 509 g/mol. The van der Waals surface area contributed by atoms with Crippen LogP contribution in [0.4, 0.5) is 13.2 Å². The molecule has 3 rings (SSSR count). The number of hydrogen-bond acceptors (Lipinski definition) is 3. The van der Waals surface area contributed by atoms with Crippen LogP contribution < -0.4 is 4.74 Å². The van der Waals surface area contributed by atoms with Crippen LogP contribution in [0.3, 0.4) is 0 Å². The second kappa shape index (κ2) is 11.7. The average molecular weight is 510 g/mol. The summed E-state index contributed by atoms with van der Waals surface area (Å²) in [6.07, 6.45) is -3.25. The number of rotatable bonds is 10. The summed E-state index contributed by atoms with van der Waals surface area (Å²) < 4.78 is 41.8. The van der Waals surface area contributed by atoms with Crippen LogP contribution in [0.15, 0.2) is 72.8 Å². The van der Waals surface area contributed by atoms with Gasteiger partial charge in [0.05, 0.1) is 6.04 Å². The van der Waals surface area contributed by atoms with Gasteiger partial charge in [0.25, 0.3) is 5.78 Å². The Kier molecular flexibility index (Phi) is 9.00. The lowest BCUT2D eigenvalue weighted by Gasteiger charge is -2.29. The molecule has 34 heavy (non-hydrogen) atoms. The zero-order valence-electron chi connectivity index (χ0n) is 18.5. The molecule has 0 saturated carbocycles. The minimum Gasteiger partial charge on any atom is -0.485 e. The van der Waals surface area contributed by atoms with E-state index in [-0.39, 0.29) is 11.8 Å². The average Bonchev–Trinajstić information content (AvgIpc) is 2.80. The molecule has 0 fully saturated rings. The Morgan fingerprint density at radius 1 is 0.882 bits per heavy atom. The minimum atomic E-state index is -4.89. The fourth-order valence-corrected chi connectivity index (χ4v) is 3.89. The first-order valence-corrected chi connectivity index (χ1v) is 11.4. The summed E-state index contributed by atoms with van der Waals surface area (Å²) in [7, 11) is 2.06. The van der Waals surface area contributed by atoms with Crippen molar-refractivity contribution >= 4 is 29.0 Å². The number of halogens is 5. The van der Waals surface area contributed by atoms with E-state index in [1.54, 1.807) is 24.3 Å². The number of nitrogens with zero attached hydrogens (tertiary/aromatic N) is 1. The lowest BCUT2D eigenvalue weighted by Crippen LogP contribution is -2.28. The molecule has 180 valence electrons. The van der Waals surface area contributed by atoms with Gasteiger partial charge >= 0.3 is 6.18 Å². The molecule has 0 heterocycles. The summed E-state index contributed by atoms with van der Waals surface area (Å²) in [5.41, 5.74) is 3.26. The van der Waals surface area contributed by atoms with Gasteiger partial charge in [-0.25, -0.2) is 0 Å². The van der Waals surface area contributed by atoms with Crippen molar-refractivity contribution in [3.8, 4) is 5.75 Å². The molecule has 8 heteroatoms. The van der Waals surface area contributed by atoms with E-state index in [2.05, 4.69) is 11.9 Å². The third kappa shape index (κ3) is 7.49. The highest BCUT2D eigenvalue weighted by Gasteiger charge is 2.38. The normalized spacial score (nSPS) is 11.8. The van der Waals surface area contributed by atoms with E-state index >= 15 is 0 Å². The first-order chi connectivity index (χ1) is 16.1. The number of hydrogen-bond donors (Lipinski definition) is 0. The summed E-state index contributed by atoms with van der Waals surface area (Å²) in [6.45, 7) is -0.224. The molecule has 0 spiro atoms. The van der Waals surface area contributed by atoms with Crippen molar-refractivity contribution < 1.29 is 22.7 Å². The molecule has 0 unspecified atom stereocenters. The molecule has 0 amide bonds. The van der Waals surface area contributed by atoms with Crippen molar-refractivity contribution in [1.29, 1.82) is 0 Å². The molecule has 0 aromatic heterocycles. The number of carbonyl (C=O) groups is 1. The van der Waals surface area contributed by atoms with Crippen molar-refractivity contribution in [1.82, 2.24) is 4.90 Å². The third-order valence-corrected chi connectivity index (χ3v) is 5.90. The van der Waals surface area contributed by atoms with E-state index in [1.165, 1.54) is 0 Å². The Labute approximate surface area is 207 Å². The molecule has 3 aromatic carbocycles. The van der Waals surface area contributed by atoms with Crippen LogP contribution in [0.5, 0.6) is 5.75 Å². The first-order valence-electron chi connectivity index (χ1n) is 10.7. The first kappa shape index (κ1) is 26.1. The number of aryl methyl sites for hydroxylation is 1. The lowest BCUT2D eigenvalue weighted by atomic mass is 9.97. The second-order valence-corrected chi connectivity index (χ2v) is 8.82. The van der Waals surface area contributed by atoms with E-state index in [4.69, 9.17) is 27.9 Å². The highest BCUT2D eigenvalue weighted by molar-refractivity contribution is 6.30. The minimum absolute atomic E-state index is 0.0245. The van der Waals surface area contributed by atoms with Crippen LogP contribution >= 0.6 is 23.2 Å². The fourth-order valence-electron chi connectivity index (χ4n) is 3.64. The van der Waals surface area contributed by atoms with E-state index < -0.39 is 18.6 Å². The number of ether oxygens (including phenoxy) is 1. The largest absolute Gasteiger partial charge is 0.485 e. The van der Waals surface area contributed by atoms with E-state index in [0.29, 0.717) is 10.0 Å². The molecule has 0 atom stereocenters. The van der Waals surface area contributed by atoms with Gasteiger partial charge in [-0.3, -0.25) is 9.69 Å². The van der Waals surface area contributed by atoms with Gasteiger partial charge in [-0.15, -0.1) is 0 Å². The molecule has 0 N–H and O–H groups in total. The second-order valence-electron chi connectivity index (χ2n) is 7.94. The quantitative estimate of drug-likeness (QED) is 0.290. The number of Topliss-reactive ketones (excluding diaryl/α,β-unsaturated/α-hetero) is 1. The van der Waals surface area contributed by atoms with Crippen LogP contribution in [-0.2, 0) is 11.2 Å². The van der Waals surface area contributed by atoms with Crippen LogP contribution in [-0.4, -0.2) is 37.1 Å². The topological polar surface area (TPSA) is 29.5 Å². The predicted molar refractivity (Wildman–Crippen MR) is 129 cm³/mol. The van der Waals surface area contributed by atoms with Gasteiger partial charge in [0.1, 0.15) is 5.75 Å². The molecule has 0 saturated heterocycles. The fraction of sp³-hybridized carbons (Fsp3) is 0.269. The summed E-state index contributed by atoms with van der Waals surface area (Å²) in [5, 5.41) is 1.35. The Hall–Kier alpha value is -2.54. The maximum Gasteiger partial charge on any atom is 0.453 e. The standard InChI is InChI=1S/C26H24Cl2F3NO2/c1-32(25(19-6-10-21(27)11-7-19)20-8-12-22(28)13-9-20)16-2-3-18-4-14-23(15-5-18)34-17-24(33)26(29,30)31/h4-15,25H,2-3,16-17H2,1H3. The predicted octanol–water partition coefficient (Wildman–Crippen LogP) is 7.16. The third-order valence-electron chi connectivity index (χ3n) is 5.40. The van der Waals surface area contributed by atoms with Crippen molar-refractivity contribution in [2.24, 2.45) is 0 Å². The summed E-state index contributed by atoms with van der Waals surface area (Å²) in [5.74, 6) is -1.68. The van der Waals surface area contributed by atoms with E-state index in [1.807, 2.05) is 48.5 Å². The van der Waals surface area contributed by atoms with Crippen molar-refractivity contribution in [3.05, 3.63) is 99.5 Å². The van der Waals surface area contributed by atoms with Crippen LogP contribution in [0.2, 0.25) is 10.0 Å². The Morgan fingerprint density at radius 2 is 1.38 bits per heavy atom. The highest BCUT2D eigenvalue weighted by Crippen LogP contribution is 2.30. The van der Waals surface area contributed by atoms with E-state index in [9.17, 15) is 18.0 Å². The van der Waals surface area contributed by atoms with Gasteiger partial charge in [0.15, 0.2) is 6.61 Å². The molecule has 0 radical (unpaired) electrons. The van der Waals surface area contributed by atoms with Crippen molar-refractivity contribution in [3.63, 3.8) is 0 Å². The van der Waals surface area contributed by atoms with Crippen LogP contribution in [0.1, 0.15) is 29.2 Å². The molecule has 3 aromatic rings. The van der Waals surface area contributed by atoms with Gasteiger partial charge < -0.3 is 4.74 Å². The number of benzene rings is 3. The van der Waals surface area contributed by atoms with Gasteiger partial charge in [0, 0.05) is 10.0 Å². The van der Waals surface area contributed by atoms with Gasteiger partial charge in [-0.05, 0) is 79.5 Å². The number of ketones is 1. The lowest BCUT2D eigenvalue weighted by molar-refractivity contribution is -0.173. The highest BCUT2D eigenvalue weighted by atomic mass is 35.5. The number of carbonyl (C=O) groups excluding carboxylic acids is 1. The summed E-state index contributed by atoms with van der Waals surface area (Å²) >= 11 is 12.1. The summed E-state index contributed by atoms with van der Waals surface area (Å²) in [4.78, 5) is 13.2. The van der Waals surface area contributed by atoms with Gasteiger partial charge in [0.2, 0.25) is 0 Å². The molecule has 0 aliphatic carbocycles. The van der Waals surface area contributed by atoms with Crippen molar-refractivity contribution in [2.75, 3.05) is 20.2 Å². The molecular weight excluding hydrogens is 486 g/mol. The smallest absolute Gasteiger partial charge is 0.453 e. The zero-order chi connectivity index (χ0) is 24.7. The Morgan fingerprint density at radius 3 is 1.85 bits per heavy atom. The molecule has 0 aliphatic heterocycles. The Bertz CT molecular complexity index is 1020. The maximum atomic E-state index is 12.3. The van der Waals surface area contributed by atoms with Crippen LogP contribution in [0, 0.1) is 0 Å². The molecule has 3 nitrogen and oxygen atoms in total. The maximum absolute atomic E-state index is 12.3. The van der Waals surface area contributed by atoms with Crippen LogP contribution in [0.25, 0.3) is 0 Å². The molecule has 0 aliphatic rings. The Balaban J connectivity index is 1.59. The zero-order valence-corrected chi connectivity index (χ0v) is 20.0. The molecular formula is C26H24Cl2F3NO2. The SMILES string of the molecule is CN(CCCc1ccc(OCC(=O)C(F)(F)F)cc1)C(c1ccc(Cl)cc1)c1ccc(Cl)cc1. The molecule has 0 bridgehead atoms. The summed E-state index contributed by atoms with van der Waals surface area (Å²) in [6, 6.07) is 22.3. The van der Waals surface area contributed by atoms with E-state index in [0.717, 1.165) is 36.1 Å².